The zero-order valence-corrected chi connectivity index (χ0v) is 10.6. The van der Waals surface area contributed by atoms with Crippen LogP contribution < -0.4 is 11.1 Å². The molecule has 5 heteroatoms. The maximum absolute atomic E-state index is 11.4. The number of rotatable bonds is 5. The van der Waals surface area contributed by atoms with E-state index in [4.69, 9.17) is 5.73 Å². The van der Waals surface area contributed by atoms with Gasteiger partial charge in [0, 0.05) is 19.3 Å². The number of likely N-dealkylation sites (N-methyl/N-ethyl adjacent to an activating group) is 2. The minimum atomic E-state index is -0.0976. The lowest BCUT2D eigenvalue weighted by atomic mass is 10.0. The molecule has 0 saturated heterocycles. The van der Waals surface area contributed by atoms with E-state index in [1.807, 2.05) is 37.1 Å². The Balaban J connectivity index is 2.83. The number of carbonyl (C=O) groups is 1. The number of amides is 1. The highest BCUT2D eigenvalue weighted by atomic mass is 16.1. The van der Waals surface area contributed by atoms with Gasteiger partial charge in [0.15, 0.2) is 0 Å². The van der Waals surface area contributed by atoms with Crippen molar-refractivity contribution in [1.29, 1.82) is 0 Å². The Kier molecular flexibility index (Phi) is 5.06. The molecule has 2 unspecified atom stereocenters. The quantitative estimate of drug-likeness (QED) is 0.763. The molecule has 0 bridgehead atoms. The van der Waals surface area contributed by atoms with Gasteiger partial charge in [0.1, 0.15) is 0 Å². The van der Waals surface area contributed by atoms with E-state index in [0.717, 1.165) is 5.69 Å². The zero-order chi connectivity index (χ0) is 12.8. The maximum atomic E-state index is 11.4. The van der Waals surface area contributed by atoms with Gasteiger partial charge in [-0.1, -0.05) is 6.07 Å². The molecule has 0 aliphatic heterocycles. The molecule has 1 aromatic heterocycles. The fourth-order valence-corrected chi connectivity index (χ4v) is 1.85. The zero-order valence-electron chi connectivity index (χ0n) is 10.6. The lowest BCUT2D eigenvalue weighted by molar-refractivity contribution is -0.122. The van der Waals surface area contributed by atoms with Crippen LogP contribution in [-0.4, -0.2) is 42.5 Å². The van der Waals surface area contributed by atoms with Crippen molar-refractivity contribution in [2.24, 2.45) is 5.73 Å². The summed E-state index contributed by atoms with van der Waals surface area (Å²) in [7, 11) is 3.50. The van der Waals surface area contributed by atoms with Crippen molar-refractivity contribution in [2.45, 2.75) is 19.0 Å². The minimum Gasteiger partial charge on any atom is -0.358 e. The first-order valence-corrected chi connectivity index (χ1v) is 5.63. The van der Waals surface area contributed by atoms with Gasteiger partial charge in [0.25, 0.3) is 0 Å². The molecule has 1 rings (SSSR count). The number of pyridine rings is 1. The van der Waals surface area contributed by atoms with Gasteiger partial charge in [-0.05, 0) is 26.1 Å². The van der Waals surface area contributed by atoms with Gasteiger partial charge >= 0.3 is 0 Å². The van der Waals surface area contributed by atoms with Gasteiger partial charge in [-0.3, -0.25) is 14.7 Å². The first-order chi connectivity index (χ1) is 8.06. The number of nitrogens with zero attached hydrogens (tertiary/aromatic N) is 2. The van der Waals surface area contributed by atoms with E-state index in [0.29, 0.717) is 6.54 Å². The topological polar surface area (TPSA) is 71.2 Å². The van der Waals surface area contributed by atoms with Crippen LogP contribution in [-0.2, 0) is 4.79 Å². The standard InChI is InChI=1S/C12H20N4O/c1-9(13)12(10-6-4-5-7-15-10)16(3)8-11(17)14-2/h4-7,9,12H,8,13H2,1-3H3,(H,14,17). The number of carbonyl (C=O) groups excluding carboxylic acids is 1. The predicted molar refractivity (Wildman–Crippen MR) is 67.3 cm³/mol. The molecule has 5 nitrogen and oxygen atoms in total. The lowest BCUT2D eigenvalue weighted by Crippen LogP contribution is -2.42. The smallest absolute Gasteiger partial charge is 0.233 e. The summed E-state index contributed by atoms with van der Waals surface area (Å²) < 4.78 is 0. The average Bonchev–Trinajstić information content (AvgIpc) is 2.29. The Morgan fingerprint density at radius 3 is 2.76 bits per heavy atom. The van der Waals surface area contributed by atoms with Crippen LogP contribution in [0, 0.1) is 0 Å². The molecule has 94 valence electrons. The molecule has 1 heterocycles. The van der Waals surface area contributed by atoms with Crippen molar-refractivity contribution in [1.82, 2.24) is 15.2 Å². The molecule has 0 radical (unpaired) electrons. The van der Waals surface area contributed by atoms with Crippen LogP contribution >= 0.6 is 0 Å². The molecule has 1 amide bonds. The SMILES string of the molecule is CNC(=O)CN(C)C(c1ccccn1)C(C)N. The first-order valence-electron chi connectivity index (χ1n) is 5.63. The Labute approximate surface area is 102 Å². The molecule has 0 aliphatic carbocycles. The summed E-state index contributed by atoms with van der Waals surface area (Å²) in [5.74, 6) is -0.0333. The molecule has 0 spiro atoms. The van der Waals surface area contributed by atoms with Gasteiger partial charge in [0.2, 0.25) is 5.91 Å². The number of hydrogen-bond acceptors (Lipinski definition) is 4. The van der Waals surface area contributed by atoms with Crippen molar-refractivity contribution >= 4 is 5.91 Å². The molecular weight excluding hydrogens is 216 g/mol. The Hall–Kier alpha value is -1.46. The normalized spacial score (nSPS) is 14.4. The highest BCUT2D eigenvalue weighted by Gasteiger charge is 2.23. The summed E-state index contributed by atoms with van der Waals surface area (Å²) in [4.78, 5) is 17.6. The second-order valence-corrected chi connectivity index (χ2v) is 4.15. The predicted octanol–water partition coefficient (Wildman–Crippen LogP) is 0.148. The number of nitrogens with two attached hydrogens (primary N) is 1. The summed E-state index contributed by atoms with van der Waals surface area (Å²) in [5, 5.41) is 2.60. The fraction of sp³-hybridized carbons (Fsp3) is 0.500. The molecule has 17 heavy (non-hydrogen) atoms. The van der Waals surface area contributed by atoms with Gasteiger partial charge in [-0.15, -0.1) is 0 Å². The summed E-state index contributed by atoms with van der Waals surface area (Å²) in [6.45, 7) is 2.22. The van der Waals surface area contributed by atoms with Crippen LogP contribution in [0.2, 0.25) is 0 Å². The van der Waals surface area contributed by atoms with E-state index in [2.05, 4.69) is 10.3 Å². The number of aromatic nitrogens is 1. The van der Waals surface area contributed by atoms with Crippen molar-refractivity contribution in [2.75, 3.05) is 20.6 Å². The van der Waals surface area contributed by atoms with Crippen LogP contribution in [0.5, 0.6) is 0 Å². The van der Waals surface area contributed by atoms with Gasteiger partial charge in [-0.2, -0.15) is 0 Å². The average molecular weight is 236 g/mol. The third kappa shape index (κ3) is 3.80. The van der Waals surface area contributed by atoms with Crippen molar-refractivity contribution in [3.63, 3.8) is 0 Å². The van der Waals surface area contributed by atoms with Gasteiger partial charge in [0.05, 0.1) is 18.3 Å². The van der Waals surface area contributed by atoms with Crippen LogP contribution in [0.4, 0.5) is 0 Å². The third-order valence-corrected chi connectivity index (χ3v) is 2.64. The summed E-state index contributed by atoms with van der Waals surface area (Å²) >= 11 is 0. The van der Waals surface area contributed by atoms with E-state index in [1.165, 1.54) is 0 Å². The molecular formula is C12H20N4O. The highest BCUT2D eigenvalue weighted by Crippen LogP contribution is 2.19. The van der Waals surface area contributed by atoms with E-state index >= 15 is 0 Å². The molecule has 0 aromatic carbocycles. The molecule has 3 N–H and O–H groups in total. The Bertz CT molecular complexity index is 353. The largest absolute Gasteiger partial charge is 0.358 e. The fourth-order valence-electron chi connectivity index (χ4n) is 1.85. The monoisotopic (exact) mass is 236 g/mol. The molecule has 0 aliphatic rings. The third-order valence-electron chi connectivity index (χ3n) is 2.64. The minimum absolute atomic E-state index is 0.0333. The molecule has 0 saturated carbocycles. The van der Waals surface area contributed by atoms with Crippen molar-refractivity contribution < 1.29 is 4.79 Å². The maximum Gasteiger partial charge on any atom is 0.233 e. The summed E-state index contributed by atoms with van der Waals surface area (Å²) in [5.41, 5.74) is 6.86. The van der Waals surface area contributed by atoms with Crippen molar-refractivity contribution in [3.05, 3.63) is 30.1 Å². The van der Waals surface area contributed by atoms with Crippen molar-refractivity contribution in [3.8, 4) is 0 Å². The molecule has 0 fully saturated rings. The lowest BCUT2D eigenvalue weighted by Gasteiger charge is -2.29. The van der Waals surface area contributed by atoms with Crippen LogP contribution in [0.25, 0.3) is 0 Å². The van der Waals surface area contributed by atoms with Gasteiger partial charge < -0.3 is 11.1 Å². The van der Waals surface area contributed by atoms with E-state index in [1.54, 1.807) is 13.2 Å². The first kappa shape index (κ1) is 13.6. The van der Waals surface area contributed by atoms with Crippen LogP contribution in [0.3, 0.4) is 0 Å². The highest BCUT2D eigenvalue weighted by molar-refractivity contribution is 5.77. The number of nitrogens with one attached hydrogen (secondary N) is 1. The second-order valence-electron chi connectivity index (χ2n) is 4.15. The summed E-state index contributed by atoms with van der Waals surface area (Å²) in [6, 6.07) is 5.55. The Morgan fingerprint density at radius 2 is 2.29 bits per heavy atom. The molecule has 1 aromatic rings. The number of hydrogen-bond donors (Lipinski definition) is 2. The summed E-state index contributed by atoms with van der Waals surface area (Å²) in [6.07, 6.45) is 1.73. The second kappa shape index (κ2) is 6.32. The van der Waals surface area contributed by atoms with E-state index in [-0.39, 0.29) is 18.0 Å². The van der Waals surface area contributed by atoms with E-state index in [9.17, 15) is 4.79 Å². The van der Waals surface area contributed by atoms with E-state index < -0.39 is 0 Å². The Morgan fingerprint density at radius 1 is 1.59 bits per heavy atom. The molecule has 2 atom stereocenters. The van der Waals surface area contributed by atoms with Crippen LogP contribution in [0.15, 0.2) is 24.4 Å². The van der Waals surface area contributed by atoms with Gasteiger partial charge in [-0.25, -0.2) is 0 Å². The van der Waals surface area contributed by atoms with Crippen LogP contribution in [0.1, 0.15) is 18.7 Å².